The highest BCUT2D eigenvalue weighted by molar-refractivity contribution is 7.92. The van der Waals surface area contributed by atoms with Crippen LogP contribution in [0.2, 0.25) is 15.1 Å². The molecule has 34 heavy (non-hydrogen) atoms. The highest BCUT2D eigenvalue weighted by Gasteiger charge is 2.31. The third-order valence-electron chi connectivity index (χ3n) is 5.01. The molecule has 0 aliphatic heterocycles. The number of carbonyl (C=O) groups excluding carboxylic acids is 2. The lowest BCUT2D eigenvalue weighted by Gasteiger charge is -2.32. The second-order valence-electron chi connectivity index (χ2n) is 7.38. The van der Waals surface area contributed by atoms with E-state index in [9.17, 15) is 18.0 Å². The average Bonchev–Trinajstić information content (AvgIpc) is 2.76. The average molecular weight is 551 g/mol. The first kappa shape index (κ1) is 28.0. The molecule has 1 unspecified atom stereocenters. The zero-order valence-corrected chi connectivity index (χ0v) is 22.2. The Morgan fingerprint density at radius 3 is 2.21 bits per heavy atom. The van der Waals surface area contributed by atoms with Gasteiger partial charge in [0.2, 0.25) is 21.8 Å². The molecule has 0 aliphatic rings. The number of anilines is 1. The van der Waals surface area contributed by atoms with Crippen LogP contribution in [0.25, 0.3) is 0 Å². The molecule has 8 nitrogen and oxygen atoms in total. The van der Waals surface area contributed by atoms with E-state index < -0.39 is 34.4 Å². The summed E-state index contributed by atoms with van der Waals surface area (Å²) < 4.78 is 31.2. The van der Waals surface area contributed by atoms with E-state index in [0.29, 0.717) is 27.9 Å². The van der Waals surface area contributed by atoms with Crippen molar-refractivity contribution in [2.75, 3.05) is 30.8 Å². The van der Waals surface area contributed by atoms with Gasteiger partial charge in [-0.25, -0.2) is 8.42 Å². The van der Waals surface area contributed by atoms with Gasteiger partial charge in [-0.05, 0) is 44.2 Å². The normalized spacial score (nSPS) is 12.1. The first-order chi connectivity index (χ1) is 15.9. The van der Waals surface area contributed by atoms with Crippen molar-refractivity contribution in [2.24, 2.45) is 0 Å². The van der Waals surface area contributed by atoms with Crippen molar-refractivity contribution in [1.29, 1.82) is 0 Å². The molecule has 186 valence electrons. The lowest BCUT2D eigenvalue weighted by molar-refractivity contribution is -0.139. The molecule has 0 saturated heterocycles. The molecule has 2 rings (SSSR count). The second kappa shape index (κ2) is 12.0. The molecule has 0 aliphatic carbocycles. The Morgan fingerprint density at radius 2 is 1.71 bits per heavy atom. The van der Waals surface area contributed by atoms with Gasteiger partial charge in [0.05, 0.1) is 24.1 Å². The van der Waals surface area contributed by atoms with Crippen molar-refractivity contribution in [2.45, 2.75) is 26.4 Å². The van der Waals surface area contributed by atoms with Gasteiger partial charge in [-0.3, -0.25) is 13.9 Å². The summed E-state index contributed by atoms with van der Waals surface area (Å²) in [6, 6.07) is 8.32. The number of benzene rings is 2. The highest BCUT2D eigenvalue weighted by Crippen LogP contribution is 2.31. The maximum atomic E-state index is 13.5. The van der Waals surface area contributed by atoms with Gasteiger partial charge in [0, 0.05) is 28.7 Å². The van der Waals surface area contributed by atoms with Crippen LogP contribution in [0, 0.1) is 0 Å². The number of likely N-dealkylation sites (N-methyl/N-ethyl adjacent to an activating group) is 1. The minimum Gasteiger partial charge on any atom is -0.495 e. The molecule has 0 radical (unpaired) electrons. The first-order valence-corrected chi connectivity index (χ1v) is 13.2. The van der Waals surface area contributed by atoms with E-state index in [-0.39, 0.29) is 17.3 Å². The van der Waals surface area contributed by atoms with Crippen LogP contribution < -0.4 is 14.4 Å². The second-order valence-corrected chi connectivity index (χ2v) is 10.5. The molecule has 0 fully saturated rings. The van der Waals surface area contributed by atoms with Crippen molar-refractivity contribution in [3.05, 3.63) is 57.0 Å². The van der Waals surface area contributed by atoms with E-state index in [0.717, 1.165) is 10.6 Å². The Kier molecular flexibility index (Phi) is 9.87. The first-order valence-electron chi connectivity index (χ1n) is 10.2. The Bertz CT molecular complexity index is 1140. The van der Waals surface area contributed by atoms with Crippen LogP contribution in [0.5, 0.6) is 5.75 Å². The Morgan fingerprint density at radius 1 is 1.09 bits per heavy atom. The van der Waals surface area contributed by atoms with Crippen molar-refractivity contribution in [3.63, 3.8) is 0 Å². The minimum absolute atomic E-state index is 0.101. The fourth-order valence-corrected chi connectivity index (χ4v) is 4.79. The third kappa shape index (κ3) is 6.91. The number of sulfonamides is 1. The summed E-state index contributed by atoms with van der Waals surface area (Å²) in [5, 5.41) is 3.48. The molecule has 2 aromatic carbocycles. The number of nitrogens with zero attached hydrogens (tertiary/aromatic N) is 2. The van der Waals surface area contributed by atoms with Crippen molar-refractivity contribution in [1.82, 2.24) is 10.2 Å². The summed E-state index contributed by atoms with van der Waals surface area (Å²) in [4.78, 5) is 27.3. The standard InChI is InChI=1S/C22H26Cl3N3O5S/c1-5-26-22(30)14(2)27(12-16-17(23)7-6-8-18(16)24)21(29)13-28(34(4,31)32)15-9-10-20(33-3)19(25)11-15/h6-11,14H,5,12-13H2,1-4H3,(H,26,30). The zero-order chi connectivity index (χ0) is 25.6. The van der Waals surface area contributed by atoms with Gasteiger partial charge in [-0.1, -0.05) is 40.9 Å². The molecule has 0 aromatic heterocycles. The number of carbonyl (C=O) groups is 2. The maximum Gasteiger partial charge on any atom is 0.244 e. The number of amides is 2. The summed E-state index contributed by atoms with van der Waals surface area (Å²) in [6.45, 7) is 2.98. The van der Waals surface area contributed by atoms with Gasteiger partial charge in [-0.2, -0.15) is 0 Å². The molecular formula is C22H26Cl3N3O5S. The third-order valence-corrected chi connectivity index (χ3v) is 7.16. The number of hydrogen-bond acceptors (Lipinski definition) is 5. The molecular weight excluding hydrogens is 525 g/mol. The number of halogens is 3. The van der Waals surface area contributed by atoms with Crippen LogP contribution in [0.15, 0.2) is 36.4 Å². The Balaban J connectivity index is 2.47. The summed E-state index contributed by atoms with van der Waals surface area (Å²) >= 11 is 18.7. The SMILES string of the molecule is CCNC(=O)C(C)N(Cc1c(Cl)cccc1Cl)C(=O)CN(c1ccc(OC)c(Cl)c1)S(C)(=O)=O. The van der Waals surface area contributed by atoms with Crippen molar-refractivity contribution in [3.8, 4) is 5.75 Å². The van der Waals surface area contributed by atoms with Crippen LogP contribution in [-0.2, 0) is 26.2 Å². The molecule has 12 heteroatoms. The lowest BCUT2D eigenvalue weighted by atomic mass is 10.1. The van der Waals surface area contributed by atoms with E-state index in [1.54, 1.807) is 32.0 Å². The molecule has 2 aromatic rings. The van der Waals surface area contributed by atoms with Crippen LogP contribution in [-0.4, -0.2) is 57.6 Å². The van der Waals surface area contributed by atoms with E-state index in [1.165, 1.54) is 30.2 Å². The Hall–Kier alpha value is -2.20. The fourth-order valence-electron chi connectivity index (χ4n) is 3.18. The number of hydrogen-bond donors (Lipinski definition) is 1. The number of nitrogens with one attached hydrogen (secondary N) is 1. The smallest absolute Gasteiger partial charge is 0.244 e. The Labute approximate surface area is 214 Å². The predicted octanol–water partition coefficient (Wildman–Crippen LogP) is 3.97. The summed E-state index contributed by atoms with van der Waals surface area (Å²) in [6.07, 6.45) is 0.973. The summed E-state index contributed by atoms with van der Waals surface area (Å²) in [5.74, 6) is -0.686. The van der Waals surface area contributed by atoms with E-state index in [4.69, 9.17) is 39.5 Å². The maximum absolute atomic E-state index is 13.5. The topological polar surface area (TPSA) is 96.0 Å². The number of rotatable bonds is 10. The van der Waals surface area contributed by atoms with Gasteiger partial charge < -0.3 is 15.0 Å². The van der Waals surface area contributed by atoms with Gasteiger partial charge in [0.25, 0.3) is 0 Å². The predicted molar refractivity (Wildman–Crippen MR) is 135 cm³/mol. The van der Waals surface area contributed by atoms with Crippen LogP contribution in [0.1, 0.15) is 19.4 Å². The van der Waals surface area contributed by atoms with Crippen LogP contribution >= 0.6 is 34.8 Å². The van der Waals surface area contributed by atoms with E-state index >= 15 is 0 Å². The lowest BCUT2D eigenvalue weighted by Crippen LogP contribution is -2.51. The van der Waals surface area contributed by atoms with E-state index in [1.807, 2.05) is 0 Å². The molecule has 0 bridgehead atoms. The monoisotopic (exact) mass is 549 g/mol. The van der Waals surface area contributed by atoms with Crippen LogP contribution in [0.3, 0.4) is 0 Å². The molecule has 0 saturated carbocycles. The fraction of sp³-hybridized carbons (Fsp3) is 0.364. The summed E-state index contributed by atoms with van der Waals surface area (Å²) in [7, 11) is -2.46. The minimum atomic E-state index is -3.89. The van der Waals surface area contributed by atoms with Crippen molar-refractivity contribution < 1.29 is 22.7 Å². The van der Waals surface area contributed by atoms with E-state index in [2.05, 4.69) is 5.32 Å². The van der Waals surface area contributed by atoms with Gasteiger partial charge in [0.1, 0.15) is 18.3 Å². The number of methoxy groups -OCH3 is 1. The molecule has 0 spiro atoms. The quantitative estimate of drug-likeness (QED) is 0.483. The van der Waals surface area contributed by atoms with Crippen LogP contribution in [0.4, 0.5) is 5.69 Å². The van der Waals surface area contributed by atoms with Gasteiger partial charge >= 0.3 is 0 Å². The number of ether oxygens (including phenoxy) is 1. The molecule has 0 heterocycles. The zero-order valence-electron chi connectivity index (χ0n) is 19.1. The summed E-state index contributed by atoms with van der Waals surface area (Å²) in [5.41, 5.74) is 0.608. The van der Waals surface area contributed by atoms with Crippen molar-refractivity contribution >= 4 is 62.3 Å². The van der Waals surface area contributed by atoms with Gasteiger partial charge in [0.15, 0.2) is 0 Å². The largest absolute Gasteiger partial charge is 0.495 e. The highest BCUT2D eigenvalue weighted by atomic mass is 35.5. The molecule has 1 N–H and O–H groups in total. The molecule has 1 atom stereocenters. The van der Waals surface area contributed by atoms with Gasteiger partial charge in [-0.15, -0.1) is 0 Å². The molecule has 2 amide bonds.